The van der Waals surface area contributed by atoms with Gasteiger partial charge < -0.3 is 25.0 Å². The molecule has 1 aliphatic rings. The molecule has 0 amide bonds. The monoisotopic (exact) mass is 334 g/mol. The summed E-state index contributed by atoms with van der Waals surface area (Å²) in [6.07, 6.45) is 5.09. The molecule has 0 atom stereocenters. The van der Waals surface area contributed by atoms with Crippen molar-refractivity contribution in [2.24, 2.45) is 4.99 Å². The van der Waals surface area contributed by atoms with Crippen molar-refractivity contribution in [2.45, 2.75) is 25.7 Å². The number of benzene rings is 1. The van der Waals surface area contributed by atoms with Gasteiger partial charge in [-0.2, -0.15) is 0 Å². The second-order valence-electron chi connectivity index (χ2n) is 5.95. The van der Waals surface area contributed by atoms with Crippen LogP contribution in [0.5, 0.6) is 11.5 Å². The van der Waals surface area contributed by atoms with Gasteiger partial charge in [0.15, 0.2) is 17.5 Å². The molecule has 0 aliphatic carbocycles. The summed E-state index contributed by atoms with van der Waals surface area (Å²) in [5.74, 6) is 2.18. The molecule has 1 fully saturated rings. The third kappa shape index (κ3) is 5.60. The highest BCUT2D eigenvalue weighted by atomic mass is 16.5. The molecule has 1 heterocycles. The van der Waals surface area contributed by atoms with Gasteiger partial charge >= 0.3 is 0 Å². The van der Waals surface area contributed by atoms with Gasteiger partial charge in [0, 0.05) is 25.3 Å². The summed E-state index contributed by atoms with van der Waals surface area (Å²) in [7, 11) is 5.04. The van der Waals surface area contributed by atoms with Crippen LogP contribution in [0.2, 0.25) is 0 Å². The van der Waals surface area contributed by atoms with Crippen molar-refractivity contribution in [1.29, 1.82) is 0 Å². The number of methoxy groups -OCH3 is 2. The van der Waals surface area contributed by atoms with Gasteiger partial charge in [-0.15, -0.1) is 0 Å². The Morgan fingerprint density at radius 1 is 1.12 bits per heavy atom. The van der Waals surface area contributed by atoms with Crippen LogP contribution in [0, 0.1) is 0 Å². The van der Waals surface area contributed by atoms with Crippen LogP contribution in [-0.4, -0.2) is 58.3 Å². The molecule has 1 saturated heterocycles. The van der Waals surface area contributed by atoms with Gasteiger partial charge in [0.25, 0.3) is 0 Å². The Kier molecular flexibility index (Phi) is 7.68. The lowest BCUT2D eigenvalue weighted by Gasteiger charge is -2.16. The summed E-state index contributed by atoms with van der Waals surface area (Å²) < 4.78 is 10.6. The van der Waals surface area contributed by atoms with Gasteiger partial charge in [0.1, 0.15) is 0 Å². The molecule has 6 heteroatoms. The van der Waals surface area contributed by atoms with E-state index < -0.39 is 0 Å². The number of nitrogens with zero attached hydrogens (tertiary/aromatic N) is 2. The molecule has 1 aromatic rings. The molecule has 1 aliphatic heterocycles. The molecule has 0 radical (unpaired) electrons. The normalized spacial score (nSPS) is 15.4. The van der Waals surface area contributed by atoms with E-state index in [9.17, 15) is 0 Å². The van der Waals surface area contributed by atoms with Crippen molar-refractivity contribution in [3.05, 3.63) is 18.2 Å². The Hall–Kier alpha value is -1.95. The highest BCUT2D eigenvalue weighted by Crippen LogP contribution is 2.29. The van der Waals surface area contributed by atoms with E-state index >= 15 is 0 Å². The molecule has 134 valence electrons. The first kappa shape index (κ1) is 18.4. The Bertz CT molecular complexity index is 528. The summed E-state index contributed by atoms with van der Waals surface area (Å²) in [4.78, 5) is 6.82. The number of hydrogen-bond donors (Lipinski definition) is 2. The molecular formula is C18H30N4O2. The molecular weight excluding hydrogens is 304 g/mol. The molecule has 0 aromatic heterocycles. The molecule has 6 nitrogen and oxygen atoms in total. The van der Waals surface area contributed by atoms with Crippen molar-refractivity contribution < 1.29 is 9.47 Å². The van der Waals surface area contributed by atoms with Crippen LogP contribution in [0.15, 0.2) is 23.2 Å². The minimum absolute atomic E-state index is 0.698. The van der Waals surface area contributed by atoms with Crippen molar-refractivity contribution in [2.75, 3.05) is 52.8 Å². The second kappa shape index (κ2) is 10.0. The zero-order valence-electron chi connectivity index (χ0n) is 15.1. The number of guanidine groups is 1. The molecule has 0 spiro atoms. The van der Waals surface area contributed by atoms with Crippen LogP contribution in [0.3, 0.4) is 0 Å². The summed E-state index contributed by atoms with van der Waals surface area (Å²) in [5.41, 5.74) is 0.915. The maximum absolute atomic E-state index is 5.32. The molecule has 0 bridgehead atoms. The van der Waals surface area contributed by atoms with E-state index in [0.717, 1.165) is 24.6 Å². The van der Waals surface area contributed by atoms with Crippen LogP contribution in [-0.2, 0) is 0 Å². The first-order valence-electron chi connectivity index (χ1n) is 8.69. The maximum Gasteiger partial charge on any atom is 0.195 e. The van der Waals surface area contributed by atoms with Crippen LogP contribution in [0.1, 0.15) is 25.7 Å². The van der Waals surface area contributed by atoms with E-state index in [1.165, 1.54) is 38.9 Å². The number of rotatable bonds is 8. The summed E-state index contributed by atoms with van der Waals surface area (Å²) in [5, 5.41) is 6.64. The largest absolute Gasteiger partial charge is 0.493 e. The molecule has 0 unspecified atom stereocenters. The van der Waals surface area contributed by atoms with E-state index in [1.54, 1.807) is 21.3 Å². The summed E-state index contributed by atoms with van der Waals surface area (Å²) in [6, 6.07) is 5.73. The predicted molar refractivity (Wildman–Crippen MR) is 99.4 cm³/mol. The standard InChI is InChI=1S/C18H30N4O2/c1-19-18(20-10-4-5-11-22-12-6-7-13-22)21-15-8-9-16(23-2)17(14-15)24-3/h8-9,14H,4-7,10-13H2,1-3H3,(H2,19,20,21). The lowest BCUT2D eigenvalue weighted by molar-refractivity contribution is 0.330. The number of aliphatic imine (C=N–C) groups is 1. The first-order valence-corrected chi connectivity index (χ1v) is 8.69. The van der Waals surface area contributed by atoms with Crippen LogP contribution < -0.4 is 20.1 Å². The van der Waals surface area contributed by atoms with Gasteiger partial charge in [-0.05, 0) is 57.5 Å². The number of likely N-dealkylation sites (tertiary alicyclic amines) is 1. The number of nitrogens with one attached hydrogen (secondary N) is 2. The molecule has 24 heavy (non-hydrogen) atoms. The lowest BCUT2D eigenvalue weighted by atomic mass is 10.2. The third-order valence-electron chi connectivity index (χ3n) is 4.26. The van der Waals surface area contributed by atoms with Crippen molar-refractivity contribution >= 4 is 11.6 Å². The second-order valence-corrected chi connectivity index (χ2v) is 5.95. The minimum atomic E-state index is 0.698. The third-order valence-corrected chi connectivity index (χ3v) is 4.26. The number of unbranched alkanes of at least 4 members (excludes halogenated alkanes) is 1. The van der Waals surface area contributed by atoms with E-state index in [4.69, 9.17) is 9.47 Å². The van der Waals surface area contributed by atoms with E-state index in [-0.39, 0.29) is 0 Å². The van der Waals surface area contributed by atoms with Crippen LogP contribution in [0.4, 0.5) is 5.69 Å². The molecule has 1 aromatic carbocycles. The van der Waals surface area contributed by atoms with Gasteiger partial charge in [-0.25, -0.2) is 0 Å². The van der Waals surface area contributed by atoms with Gasteiger partial charge in [-0.1, -0.05) is 0 Å². The zero-order chi connectivity index (χ0) is 17.2. The summed E-state index contributed by atoms with van der Waals surface area (Å²) >= 11 is 0. The van der Waals surface area contributed by atoms with Crippen molar-refractivity contribution in [3.63, 3.8) is 0 Å². The smallest absolute Gasteiger partial charge is 0.195 e. The Labute approximate surface area is 145 Å². The number of anilines is 1. The SMILES string of the molecule is CN=C(NCCCCN1CCCC1)Nc1ccc(OC)c(OC)c1. The number of ether oxygens (including phenoxy) is 2. The highest BCUT2D eigenvalue weighted by molar-refractivity contribution is 5.93. The molecule has 2 rings (SSSR count). The number of hydrogen-bond acceptors (Lipinski definition) is 4. The quantitative estimate of drug-likeness (QED) is 0.435. The van der Waals surface area contributed by atoms with Crippen molar-refractivity contribution in [3.8, 4) is 11.5 Å². The Morgan fingerprint density at radius 3 is 2.54 bits per heavy atom. The maximum atomic E-state index is 5.32. The van der Waals surface area contributed by atoms with Crippen LogP contribution >= 0.6 is 0 Å². The predicted octanol–water partition coefficient (Wildman–Crippen LogP) is 2.57. The average molecular weight is 334 g/mol. The highest BCUT2D eigenvalue weighted by Gasteiger charge is 2.10. The topological polar surface area (TPSA) is 58.1 Å². The zero-order valence-corrected chi connectivity index (χ0v) is 15.1. The minimum Gasteiger partial charge on any atom is -0.493 e. The van der Waals surface area contributed by atoms with Gasteiger partial charge in [0.05, 0.1) is 14.2 Å². The van der Waals surface area contributed by atoms with Crippen LogP contribution in [0.25, 0.3) is 0 Å². The van der Waals surface area contributed by atoms with Gasteiger partial charge in [0.2, 0.25) is 0 Å². The first-order chi connectivity index (χ1) is 11.8. The Morgan fingerprint density at radius 2 is 1.88 bits per heavy atom. The molecule has 0 saturated carbocycles. The fraction of sp³-hybridized carbons (Fsp3) is 0.611. The van der Waals surface area contributed by atoms with E-state index in [0.29, 0.717) is 11.5 Å². The Balaban J connectivity index is 1.73. The fourth-order valence-corrected chi connectivity index (χ4v) is 2.90. The van der Waals surface area contributed by atoms with E-state index in [2.05, 4.69) is 20.5 Å². The van der Waals surface area contributed by atoms with Gasteiger partial charge in [-0.3, -0.25) is 4.99 Å². The summed E-state index contributed by atoms with van der Waals surface area (Å²) in [6.45, 7) is 4.68. The fourth-order valence-electron chi connectivity index (χ4n) is 2.90. The molecule has 2 N–H and O–H groups in total. The van der Waals surface area contributed by atoms with E-state index in [1.807, 2.05) is 18.2 Å². The lowest BCUT2D eigenvalue weighted by Crippen LogP contribution is -2.32. The average Bonchev–Trinajstić information content (AvgIpc) is 3.13. The van der Waals surface area contributed by atoms with Crippen molar-refractivity contribution in [1.82, 2.24) is 10.2 Å².